The van der Waals surface area contributed by atoms with Crippen molar-refractivity contribution in [1.82, 2.24) is 15.2 Å². The number of methoxy groups -OCH3 is 1. The van der Waals surface area contributed by atoms with Gasteiger partial charge in [-0.1, -0.05) is 23.9 Å². The summed E-state index contributed by atoms with van der Waals surface area (Å²) in [5.74, 6) is 0.764. The number of rotatable bonds is 5. The molecule has 0 atom stereocenters. The lowest BCUT2D eigenvalue weighted by Crippen LogP contribution is -2.00. The van der Waals surface area contributed by atoms with Crippen molar-refractivity contribution in [2.24, 2.45) is 0 Å². The third-order valence-corrected chi connectivity index (χ3v) is 3.94. The number of hydrogen-bond acceptors (Lipinski definition) is 7. The first kappa shape index (κ1) is 15.2. The fourth-order valence-electron chi connectivity index (χ4n) is 1.87. The van der Waals surface area contributed by atoms with E-state index in [2.05, 4.69) is 19.9 Å². The second-order valence-corrected chi connectivity index (χ2v) is 5.52. The maximum atomic E-state index is 11.4. The summed E-state index contributed by atoms with van der Waals surface area (Å²) in [5.41, 5.74) is 2.36. The smallest absolute Gasteiger partial charge is 0.337 e. The van der Waals surface area contributed by atoms with Crippen LogP contribution < -0.4 is 0 Å². The molecule has 1 aromatic carbocycles. The lowest BCUT2D eigenvalue weighted by Gasteiger charge is -2.01. The Morgan fingerprint density at radius 3 is 2.74 bits per heavy atom. The number of hydrogen-bond donors (Lipinski definition) is 0. The molecule has 0 aliphatic rings. The Labute approximate surface area is 136 Å². The van der Waals surface area contributed by atoms with Crippen molar-refractivity contribution in [2.45, 2.75) is 11.0 Å². The second-order valence-electron chi connectivity index (χ2n) is 4.59. The highest BCUT2D eigenvalue weighted by Crippen LogP contribution is 2.25. The van der Waals surface area contributed by atoms with Crippen molar-refractivity contribution >= 4 is 17.7 Å². The molecule has 0 N–H and O–H groups in total. The zero-order valence-corrected chi connectivity index (χ0v) is 13.1. The molecule has 0 fully saturated rings. The number of aromatic nitrogens is 3. The molecule has 3 rings (SSSR count). The molecule has 0 unspecified atom stereocenters. The predicted molar refractivity (Wildman–Crippen MR) is 84.9 cm³/mol. The van der Waals surface area contributed by atoms with E-state index in [1.165, 1.54) is 18.9 Å². The van der Waals surface area contributed by atoms with Gasteiger partial charge in [0.15, 0.2) is 0 Å². The van der Waals surface area contributed by atoms with E-state index >= 15 is 0 Å². The van der Waals surface area contributed by atoms with Crippen LogP contribution >= 0.6 is 11.8 Å². The Hall–Kier alpha value is -2.67. The lowest BCUT2D eigenvalue weighted by atomic mass is 10.1. The number of benzene rings is 1. The standard InChI is InChI=1S/C16H13N3O3S/c1-21-15(20)12-6-4-11(5-7-12)10-23-16-19-18-14(22-16)13-3-2-8-17-9-13/h2-9H,10H2,1H3. The second kappa shape index (κ2) is 7.06. The largest absolute Gasteiger partial charge is 0.465 e. The number of carbonyl (C=O) groups excluding carboxylic acids is 1. The SMILES string of the molecule is COC(=O)c1ccc(CSc2nnc(-c3cccnc3)o2)cc1. The van der Waals surface area contributed by atoms with Gasteiger partial charge in [0.25, 0.3) is 5.22 Å². The summed E-state index contributed by atoms with van der Waals surface area (Å²) in [6.45, 7) is 0. The molecule has 7 heteroatoms. The van der Waals surface area contributed by atoms with Gasteiger partial charge >= 0.3 is 5.97 Å². The molecule has 2 aromatic heterocycles. The first-order valence-electron chi connectivity index (χ1n) is 6.80. The maximum Gasteiger partial charge on any atom is 0.337 e. The van der Waals surface area contributed by atoms with Crippen molar-refractivity contribution in [3.05, 3.63) is 59.9 Å². The molecular formula is C16H13N3O3S. The van der Waals surface area contributed by atoms with Gasteiger partial charge in [-0.2, -0.15) is 0 Å². The quantitative estimate of drug-likeness (QED) is 0.526. The molecule has 3 aromatic rings. The average molecular weight is 327 g/mol. The van der Waals surface area contributed by atoms with Crippen LogP contribution in [0.4, 0.5) is 0 Å². The first-order valence-corrected chi connectivity index (χ1v) is 7.79. The molecule has 0 aliphatic heterocycles. The van der Waals surface area contributed by atoms with Gasteiger partial charge in [-0.3, -0.25) is 4.98 Å². The number of nitrogens with zero attached hydrogens (tertiary/aromatic N) is 3. The van der Waals surface area contributed by atoms with Crippen LogP contribution in [0.2, 0.25) is 0 Å². The Kier molecular flexibility index (Phi) is 4.68. The molecule has 0 aliphatic carbocycles. The summed E-state index contributed by atoms with van der Waals surface area (Å²) in [6, 6.07) is 10.9. The fraction of sp³-hybridized carbons (Fsp3) is 0.125. The molecule has 0 spiro atoms. The zero-order valence-electron chi connectivity index (χ0n) is 12.3. The van der Waals surface area contributed by atoms with E-state index in [4.69, 9.17) is 4.42 Å². The highest BCUT2D eigenvalue weighted by Gasteiger charge is 2.10. The zero-order chi connectivity index (χ0) is 16.1. The van der Waals surface area contributed by atoms with Crippen LogP contribution in [-0.2, 0) is 10.5 Å². The van der Waals surface area contributed by atoms with Gasteiger partial charge in [-0.15, -0.1) is 10.2 Å². The summed E-state index contributed by atoms with van der Waals surface area (Å²) in [6.07, 6.45) is 3.36. The third kappa shape index (κ3) is 3.75. The minimum atomic E-state index is -0.345. The van der Waals surface area contributed by atoms with E-state index in [1.54, 1.807) is 24.5 Å². The number of carbonyl (C=O) groups is 1. The number of ether oxygens (including phenoxy) is 1. The van der Waals surface area contributed by atoms with Crippen LogP contribution in [0, 0.1) is 0 Å². The lowest BCUT2D eigenvalue weighted by molar-refractivity contribution is 0.0600. The van der Waals surface area contributed by atoms with Crippen molar-refractivity contribution in [1.29, 1.82) is 0 Å². The molecule has 0 bridgehead atoms. The number of esters is 1. The van der Waals surface area contributed by atoms with E-state index in [-0.39, 0.29) is 5.97 Å². The van der Waals surface area contributed by atoms with Crippen LogP contribution in [0.1, 0.15) is 15.9 Å². The molecule has 6 nitrogen and oxygen atoms in total. The monoisotopic (exact) mass is 327 g/mol. The van der Waals surface area contributed by atoms with E-state index in [0.717, 1.165) is 11.1 Å². The molecular weight excluding hydrogens is 314 g/mol. The number of pyridine rings is 1. The molecule has 0 amide bonds. The Morgan fingerprint density at radius 1 is 1.22 bits per heavy atom. The molecule has 0 radical (unpaired) electrons. The van der Waals surface area contributed by atoms with Crippen LogP contribution in [0.15, 0.2) is 58.4 Å². The topological polar surface area (TPSA) is 78.1 Å². The van der Waals surface area contributed by atoms with Crippen molar-refractivity contribution in [2.75, 3.05) is 7.11 Å². The van der Waals surface area contributed by atoms with Gasteiger partial charge in [0.05, 0.1) is 18.2 Å². The van der Waals surface area contributed by atoms with Gasteiger partial charge in [0, 0.05) is 18.1 Å². The van der Waals surface area contributed by atoms with Crippen molar-refractivity contribution in [3.63, 3.8) is 0 Å². The van der Waals surface area contributed by atoms with Gasteiger partial charge in [0.2, 0.25) is 5.89 Å². The van der Waals surface area contributed by atoms with Gasteiger partial charge in [-0.25, -0.2) is 4.79 Å². The summed E-state index contributed by atoms with van der Waals surface area (Å²) >= 11 is 1.43. The van der Waals surface area contributed by atoms with E-state index in [9.17, 15) is 4.79 Å². The van der Waals surface area contributed by atoms with Gasteiger partial charge in [0.1, 0.15) is 0 Å². The van der Waals surface area contributed by atoms with E-state index < -0.39 is 0 Å². The van der Waals surface area contributed by atoms with Crippen LogP contribution in [0.3, 0.4) is 0 Å². The summed E-state index contributed by atoms with van der Waals surface area (Å²) in [7, 11) is 1.36. The Balaban J connectivity index is 1.63. The Morgan fingerprint density at radius 2 is 2.04 bits per heavy atom. The van der Waals surface area contributed by atoms with Gasteiger partial charge < -0.3 is 9.15 Å². The van der Waals surface area contributed by atoms with Crippen molar-refractivity contribution < 1.29 is 13.9 Å². The molecule has 2 heterocycles. The highest BCUT2D eigenvalue weighted by molar-refractivity contribution is 7.98. The normalized spacial score (nSPS) is 10.5. The molecule has 23 heavy (non-hydrogen) atoms. The Bertz CT molecular complexity index is 788. The van der Waals surface area contributed by atoms with Crippen LogP contribution in [0.5, 0.6) is 0 Å². The maximum absolute atomic E-state index is 11.4. The first-order chi connectivity index (χ1) is 11.3. The minimum Gasteiger partial charge on any atom is -0.465 e. The fourth-order valence-corrected chi connectivity index (χ4v) is 2.59. The van der Waals surface area contributed by atoms with Gasteiger partial charge in [-0.05, 0) is 29.8 Å². The third-order valence-electron chi connectivity index (χ3n) is 3.05. The minimum absolute atomic E-state index is 0.345. The number of thioether (sulfide) groups is 1. The summed E-state index contributed by atoms with van der Waals surface area (Å²) in [5, 5.41) is 8.51. The average Bonchev–Trinajstić information content (AvgIpc) is 3.09. The molecule has 0 saturated heterocycles. The van der Waals surface area contributed by atoms with Crippen LogP contribution in [0.25, 0.3) is 11.5 Å². The van der Waals surface area contributed by atoms with Crippen molar-refractivity contribution in [3.8, 4) is 11.5 Å². The summed E-state index contributed by atoms with van der Waals surface area (Å²) < 4.78 is 10.3. The highest BCUT2D eigenvalue weighted by atomic mass is 32.2. The predicted octanol–water partition coefficient (Wildman–Crippen LogP) is 3.21. The molecule has 116 valence electrons. The van der Waals surface area contributed by atoms with Crippen LogP contribution in [-0.4, -0.2) is 28.3 Å². The van der Waals surface area contributed by atoms with E-state index in [0.29, 0.717) is 22.4 Å². The summed E-state index contributed by atoms with van der Waals surface area (Å²) in [4.78, 5) is 15.4. The van der Waals surface area contributed by atoms with E-state index in [1.807, 2.05) is 24.3 Å². The molecule has 0 saturated carbocycles.